The highest BCUT2D eigenvalue weighted by atomic mass is 16.5. The third-order valence-electron chi connectivity index (χ3n) is 5.94. The third-order valence-corrected chi connectivity index (χ3v) is 5.94. The highest BCUT2D eigenvalue weighted by Gasteiger charge is 2.40. The van der Waals surface area contributed by atoms with Crippen molar-refractivity contribution in [2.75, 3.05) is 12.4 Å². The van der Waals surface area contributed by atoms with E-state index in [-0.39, 0.29) is 29.1 Å². The van der Waals surface area contributed by atoms with E-state index >= 15 is 0 Å². The zero-order valence-corrected chi connectivity index (χ0v) is 18.7. The maximum Gasteiger partial charge on any atom is 0.255 e. The van der Waals surface area contributed by atoms with Crippen molar-refractivity contribution in [3.63, 3.8) is 0 Å². The van der Waals surface area contributed by atoms with Crippen LogP contribution >= 0.6 is 0 Å². The SMILES string of the molecule is COc1cc([C@@H]2C(C(=O)Nc3cccc(C)n3)=C(C)NC3=C2C(=O)C[C@@H](C)C3)ccc1O. The van der Waals surface area contributed by atoms with Crippen LogP contribution in [0.1, 0.15) is 43.9 Å². The molecule has 7 nitrogen and oxygen atoms in total. The predicted molar refractivity (Wildman–Crippen MR) is 121 cm³/mol. The molecule has 0 saturated heterocycles. The zero-order chi connectivity index (χ0) is 23.0. The molecular weight excluding hydrogens is 406 g/mol. The number of nitrogens with one attached hydrogen (secondary N) is 2. The van der Waals surface area contributed by atoms with Gasteiger partial charge in [0.05, 0.1) is 7.11 Å². The molecule has 0 fully saturated rings. The summed E-state index contributed by atoms with van der Waals surface area (Å²) >= 11 is 0. The number of phenols is 1. The second kappa shape index (κ2) is 8.49. The van der Waals surface area contributed by atoms with Crippen molar-refractivity contribution < 1.29 is 19.4 Å². The Morgan fingerprint density at radius 3 is 2.72 bits per heavy atom. The van der Waals surface area contributed by atoms with Crippen LogP contribution in [-0.2, 0) is 9.59 Å². The first kappa shape index (κ1) is 21.6. The van der Waals surface area contributed by atoms with Crippen molar-refractivity contribution in [1.29, 1.82) is 0 Å². The highest BCUT2D eigenvalue weighted by Crippen LogP contribution is 2.45. The lowest BCUT2D eigenvalue weighted by Gasteiger charge is -2.36. The molecule has 1 aromatic heterocycles. The van der Waals surface area contributed by atoms with E-state index in [1.807, 2.05) is 32.9 Å². The largest absolute Gasteiger partial charge is 0.504 e. The summed E-state index contributed by atoms with van der Waals surface area (Å²) in [4.78, 5) is 31.0. The number of Topliss-reactive ketones (excluding diaryl/α,β-unsaturated/α-hetero) is 1. The number of ketones is 1. The second-order valence-electron chi connectivity index (χ2n) is 8.48. The van der Waals surface area contributed by atoms with Gasteiger partial charge in [0.15, 0.2) is 17.3 Å². The van der Waals surface area contributed by atoms with E-state index in [0.717, 1.165) is 17.8 Å². The van der Waals surface area contributed by atoms with Crippen molar-refractivity contribution in [3.05, 3.63) is 70.2 Å². The molecule has 0 spiro atoms. The fourth-order valence-corrected chi connectivity index (χ4v) is 4.54. The Labute approximate surface area is 187 Å². The summed E-state index contributed by atoms with van der Waals surface area (Å²) in [5.41, 5.74) is 4.09. The van der Waals surface area contributed by atoms with E-state index in [9.17, 15) is 14.7 Å². The molecule has 2 aromatic rings. The molecule has 4 rings (SSSR count). The lowest BCUT2D eigenvalue weighted by molar-refractivity contribution is -0.117. The van der Waals surface area contributed by atoms with E-state index in [1.54, 1.807) is 18.2 Å². The summed E-state index contributed by atoms with van der Waals surface area (Å²) in [6.07, 6.45) is 1.16. The van der Waals surface area contributed by atoms with Gasteiger partial charge in [0.25, 0.3) is 5.91 Å². The Bertz CT molecular complexity index is 1170. The van der Waals surface area contributed by atoms with Crippen molar-refractivity contribution in [3.8, 4) is 11.5 Å². The Kier molecular flexibility index (Phi) is 5.74. The van der Waals surface area contributed by atoms with Gasteiger partial charge < -0.3 is 20.5 Å². The normalized spacial score (nSPS) is 20.6. The fourth-order valence-electron chi connectivity index (χ4n) is 4.54. The number of benzene rings is 1. The Hall–Kier alpha value is -3.61. The second-order valence-corrected chi connectivity index (χ2v) is 8.48. The molecule has 1 aromatic carbocycles. The van der Waals surface area contributed by atoms with Crippen molar-refractivity contribution in [1.82, 2.24) is 10.3 Å². The number of aromatic nitrogens is 1. The van der Waals surface area contributed by atoms with Crippen molar-refractivity contribution >= 4 is 17.5 Å². The molecule has 1 amide bonds. The van der Waals surface area contributed by atoms with Crippen LogP contribution in [0.4, 0.5) is 5.82 Å². The van der Waals surface area contributed by atoms with Crippen LogP contribution in [-0.4, -0.2) is 28.9 Å². The quantitative estimate of drug-likeness (QED) is 0.675. The van der Waals surface area contributed by atoms with Crippen LogP contribution in [0.25, 0.3) is 0 Å². The molecule has 7 heteroatoms. The fraction of sp³-hybridized carbons (Fsp3) is 0.320. The number of methoxy groups -OCH3 is 1. The summed E-state index contributed by atoms with van der Waals surface area (Å²) in [6.45, 7) is 5.75. The summed E-state index contributed by atoms with van der Waals surface area (Å²) in [5, 5.41) is 16.3. The maximum absolute atomic E-state index is 13.5. The maximum atomic E-state index is 13.5. The Morgan fingerprint density at radius 2 is 2.00 bits per heavy atom. The number of carbonyl (C=O) groups excluding carboxylic acids is 2. The monoisotopic (exact) mass is 433 g/mol. The molecule has 3 N–H and O–H groups in total. The number of hydrogen-bond donors (Lipinski definition) is 3. The topological polar surface area (TPSA) is 101 Å². The van der Waals surface area contributed by atoms with Gasteiger partial charge in [0.1, 0.15) is 5.82 Å². The summed E-state index contributed by atoms with van der Waals surface area (Å²) < 4.78 is 5.29. The Morgan fingerprint density at radius 1 is 1.22 bits per heavy atom. The van der Waals surface area contributed by atoms with Gasteiger partial charge in [-0.25, -0.2) is 4.98 Å². The number of hydrogen-bond acceptors (Lipinski definition) is 6. The van der Waals surface area contributed by atoms with Crippen LogP contribution < -0.4 is 15.4 Å². The first-order valence-corrected chi connectivity index (χ1v) is 10.6. The highest BCUT2D eigenvalue weighted by molar-refractivity contribution is 6.09. The number of aromatic hydroxyl groups is 1. The van der Waals surface area contributed by atoms with Gasteiger partial charge >= 0.3 is 0 Å². The first-order chi connectivity index (χ1) is 15.3. The standard InChI is InChI=1S/C25H27N3O4/c1-13-10-17-24(19(30)11-13)23(16-8-9-18(29)20(12-16)32-4)22(15(3)27-17)25(31)28-21-7-5-6-14(2)26-21/h5-9,12-13,23,27,29H,10-11H2,1-4H3,(H,26,28,31)/t13-,23+/m0/s1. The molecule has 166 valence electrons. The van der Waals surface area contributed by atoms with Crippen LogP contribution in [0.5, 0.6) is 11.5 Å². The number of carbonyl (C=O) groups is 2. The van der Waals surface area contributed by atoms with E-state index in [1.165, 1.54) is 13.2 Å². The van der Waals surface area contributed by atoms with Crippen LogP contribution in [0.15, 0.2) is 58.9 Å². The number of anilines is 1. The number of phenolic OH excluding ortho intramolecular Hbond substituents is 1. The Balaban J connectivity index is 1.82. The molecule has 0 radical (unpaired) electrons. The van der Waals surface area contributed by atoms with E-state index in [0.29, 0.717) is 34.6 Å². The van der Waals surface area contributed by atoms with Gasteiger partial charge in [-0.3, -0.25) is 9.59 Å². The van der Waals surface area contributed by atoms with Crippen molar-refractivity contribution in [2.45, 2.75) is 39.5 Å². The summed E-state index contributed by atoms with van der Waals surface area (Å²) in [6, 6.07) is 10.4. The number of rotatable bonds is 4. The third kappa shape index (κ3) is 3.98. The number of dihydropyridines is 1. The van der Waals surface area contributed by atoms with Crippen LogP contribution in [0.3, 0.4) is 0 Å². The van der Waals surface area contributed by atoms with E-state index in [4.69, 9.17) is 4.74 Å². The molecule has 1 aliphatic carbocycles. The molecule has 32 heavy (non-hydrogen) atoms. The van der Waals surface area contributed by atoms with Crippen molar-refractivity contribution in [2.24, 2.45) is 5.92 Å². The van der Waals surface area contributed by atoms with Crippen LogP contribution in [0, 0.1) is 12.8 Å². The molecule has 2 aliphatic rings. The summed E-state index contributed by atoms with van der Waals surface area (Å²) in [5.74, 6) is 0.0730. The van der Waals surface area contributed by atoms with E-state index in [2.05, 4.69) is 15.6 Å². The van der Waals surface area contributed by atoms with Gasteiger partial charge in [0.2, 0.25) is 0 Å². The summed E-state index contributed by atoms with van der Waals surface area (Å²) in [7, 11) is 1.47. The number of aryl methyl sites for hydroxylation is 1. The average Bonchev–Trinajstić information content (AvgIpc) is 2.72. The molecule has 0 bridgehead atoms. The van der Waals surface area contributed by atoms with Gasteiger partial charge in [-0.1, -0.05) is 19.1 Å². The number of pyridine rings is 1. The molecule has 2 heterocycles. The first-order valence-electron chi connectivity index (χ1n) is 10.6. The number of ether oxygens (including phenoxy) is 1. The minimum Gasteiger partial charge on any atom is -0.504 e. The van der Waals surface area contributed by atoms with Gasteiger partial charge in [-0.15, -0.1) is 0 Å². The number of amides is 1. The van der Waals surface area contributed by atoms with Gasteiger partial charge in [-0.2, -0.15) is 0 Å². The zero-order valence-electron chi connectivity index (χ0n) is 18.7. The average molecular weight is 434 g/mol. The molecular formula is C25H27N3O4. The number of allylic oxidation sites excluding steroid dienone is 3. The lowest BCUT2D eigenvalue weighted by Crippen LogP contribution is -2.37. The van der Waals surface area contributed by atoms with Crippen LogP contribution in [0.2, 0.25) is 0 Å². The van der Waals surface area contributed by atoms with Gasteiger partial charge in [-0.05, 0) is 56.0 Å². The molecule has 0 unspecified atom stereocenters. The van der Waals surface area contributed by atoms with E-state index < -0.39 is 5.92 Å². The smallest absolute Gasteiger partial charge is 0.255 e. The van der Waals surface area contributed by atoms with Gasteiger partial charge in [0, 0.05) is 40.6 Å². The predicted octanol–water partition coefficient (Wildman–Crippen LogP) is 3.96. The number of nitrogens with zero attached hydrogens (tertiary/aromatic N) is 1. The molecule has 1 aliphatic heterocycles. The molecule has 0 saturated carbocycles. The minimum absolute atomic E-state index is 0.00126. The molecule has 2 atom stereocenters. The minimum atomic E-state index is -0.578. The lowest BCUT2D eigenvalue weighted by atomic mass is 9.73.